The van der Waals surface area contributed by atoms with Crippen LogP contribution in [0, 0.1) is 34.5 Å². The van der Waals surface area contributed by atoms with Gasteiger partial charge in [0.15, 0.2) is 6.61 Å². The summed E-state index contributed by atoms with van der Waals surface area (Å²) in [7, 11) is 0. The normalized spacial score (nSPS) is 53.8. The number of ether oxygens (including phenoxy) is 2. The van der Waals surface area contributed by atoms with Crippen LogP contribution < -0.4 is 0 Å². The first-order valence-electron chi connectivity index (χ1n) is 11.6. The summed E-state index contributed by atoms with van der Waals surface area (Å²) < 4.78 is 11.5. The number of carbonyl (C=O) groups is 3. The minimum absolute atomic E-state index is 0.00150. The summed E-state index contributed by atoms with van der Waals surface area (Å²) in [5.41, 5.74) is -2.30. The molecule has 5 fully saturated rings. The van der Waals surface area contributed by atoms with Crippen LogP contribution in [0.4, 0.5) is 0 Å². The van der Waals surface area contributed by atoms with Gasteiger partial charge in [0.1, 0.15) is 17.0 Å². The van der Waals surface area contributed by atoms with Gasteiger partial charge in [-0.2, -0.15) is 0 Å². The Balaban J connectivity index is 1.49. The molecule has 4 saturated carbocycles. The summed E-state index contributed by atoms with van der Waals surface area (Å²) in [6.07, 6.45) is 5.67. The molecule has 6 heteroatoms. The van der Waals surface area contributed by atoms with E-state index in [4.69, 9.17) is 9.47 Å². The summed E-state index contributed by atoms with van der Waals surface area (Å²) in [6, 6.07) is 0. The van der Waals surface area contributed by atoms with E-state index in [-0.39, 0.29) is 41.3 Å². The van der Waals surface area contributed by atoms with Crippen LogP contribution in [0.1, 0.15) is 72.6 Å². The van der Waals surface area contributed by atoms with Crippen molar-refractivity contribution in [2.24, 2.45) is 34.5 Å². The van der Waals surface area contributed by atoms with Crippen molar-refractivity contribution in [3.05, 3.63) is 0 Å². The number of fused-ring (bicyclic) bond motifs is 3. The molecule has 1 aliphatic heterocycles. The lowest BCUT2D eigenvalue weighted by Crippen LogP contribution is -2.64. The number of ketones is 2. The first-order valence-corrected chi connectivity index (χ1v) is 11.6. The van der Waals surface area contributed by atoms with E-state index in [1.807, 2.05) is 6.92 Å². The van der Waals surface area contributed by atoms with E-state index in [2.05, 4.69) is 13.8 Å². The summed E-state index contributed by atoms with van der Waals surface area (Å²) in [4.78, 5) is 36.5. The van der Waals surface area contributed by atoms with Crippen LogP contribution in [-0.4, -0.2) is 46.6 Å². The lowest BCUT2D eigenvalue weighted by atomic mass is 9.44. The third-order valence-electron chi connectivity index (χ3n) is 10.3. The van der Waals surface area contributed by atoms with Crippen molar-refractivity contribution in [2.75, 3.05) is 6.61 Å². The molecule has 1 saturated heterocycles. The predicted octanol–water partition coefficient (Wildman–Crippen LogP) is 2.84. The Morgan fingerprint density at radius 3 is 2.63 bits per heavy atom. The molecular weight excluding hydrogens is 384 g/mol. The molecule has 0 aromatic heterocycles. The third kappa shape index (κ3) is 2.25. The number of Topliss-reactive ketones (excluding diaryl/α,β-unsaturated/α-hetero) is 2. The Bertz CT molecular complexity index is 823. The van der Waals surface area contributed by atoms with Crippen molar-refractivity contribution >= 4 is 17.5 Å². The largest absolute Gasteiger partial charge is 0.458 e. The first-order chi connectivity index (χ1) is 14.0. The van der Waals surface area contributed by atoms with E-state index in [1.165, 1.54) is 6.92 Å². The van der Waals surface area contributed by atoms with Gasteiger partial charge in [0.05, 0.1) is 6.10 Å². The second-order valence-electron chi connectivity index (χ2n) is 11.3. The maximum Gasteiger partial charge on any atom is 0.303 e. The van der Waals surface area contributed by atoms with Gasteiger partial charge in [-0.3, -0.25) is 14.4 Å². The monoisotopic (exact) mass is 418 g/mol. The Hall–Kier alpha value is -1.27. The smallest absolute Gasteiger partial charge is 0.303 e. The number of esters is 1. The lowest BCUT2D eigenvalue weighted by molar-refractivity contribution is -0.174. The zero-order valence-corrected chi connectivity index (χ0v) is 18.5. The van der Waals surface area contributed by atoms with Gasteiger partial charge in [-0.05, 0) is 55.8 Å². The fourth-order valence-electron chi connectivity index (χ4n) is 8.71. The molecule has 0 aromatic carbocycles. The fourth-order valence-corrected chi connectivity index (χ4v) is 8.71. The number of aliphatic hydroxyl groups is 1. The van der Waals surface area contributed by atoms with Crippen molar-refractivity contribution < 1.29 is 29.0 Å². The number of rotatable bonds is 3. The molecule has 166 valence electrons. The van der Waals surface area contributed by atoms with E-state index in [9.17, 15) is 19.5 Å². The van der Waals surface area contributed by atoms with E-state index < -0.39 is 17.0 Å². The molecule has 0 bridgehead atoms. The first kappa shape index (κ1) is 20.6. The maximum atomic E-state index is 13.1. The van der Waals surface area contributed by atoms with Crippen LogP contribution in [0.15, 0.2) is 0 Å². The van der Waals surface area contributed by atoms with Crippen LogP contribution in [-0.2, 0) is 23.9 Å². The highest BCUT2D eigenvalue weighted by molar-refractivity contribution is 5.91. The summed E-state index contributed by atoms with van der Waals surface area (Å²) >= 11 is 0. The van der Waals surface area contributed by atoms with Crippen LogP contribution in [0.3, 0.4) is 0 Å². The third-order valence-corrected chi connectivity index (χ3v) is 10.3. The molecule has 1 heterocycles. The van der Waals surface area contributed by atoms with Gasteiger partial charge >= 0.3 is 5.97 Å². The molecule has 30 heavy (non-hydrogen) atoms. The topological polar surface area (TPSA) is 93.2 Å². The van der Waals surface area contributed by atoms with Gasteiger partial charge < -0.3 is 14.6 Å². The number of hydrogen-bond acceptors (Lipinski definition) is 6. The Labute approximate surface area is 178 Å². The van der Waals surface area contributed by atoms with Gasteiger partial charge in [0.25, 0.3) is 0 Å². The van der Waals surface area contributed by atoms with Crippen molar-refractivity contribution in [3.8, 4) is 0 Å². The maximum absolute atomic E-state index is 13.1. The van der Waals surface area contributed by atoms with E-state index in [0.29, 0.717) is 36.9 Å². The van der Waals surface area contributed by atoms with Gasteiger partial charge in [0, 0.05) is 30.6 Å². The summed E-state index contributed by atoms with van der Waals surface area (Å²) in [5, 5.41) is 11.8. The second kappa shape index (κ2) is 6.16. The Morgan fingerprint density at radius 2 is 1.93 bits per heavy atom. The molecule has 0 aromatic rings. The SMILES string of the molecule is CC(=O)OCC(=O)[C@@]1(O)[C@H](C)C[C@@H]2[C@H]3CC[C@H]4CC(=O)CC[C@]4(C)[C@@]34O[C@H]4C[C@@]21C. The zero-order chi connectivity index (χ0) is 21.7. The summed E-state index contributed by atoms with van der Waals surface area (Å²) in [5.74, 6) is 0.167. The van der Waals surface area contributed by atoms with Crippen molar-refractivity contribution in [3.63, 3.8) is 0 Å². The average molecular weight is 419 g/mol. The highest BCUT2D eigenvalue weighted by atomic mass is 16.6. The Kier molecular flexibility index (Phi) is 4.23. The van der Waals surface area contributed by atoms with Gasteiger partial charge in [-0.1, -0.05) is 20.8 Å². The van der Waals surface area contributed by atoms with E-state index in [1.54, 1.807) is 0 Å². The average Bonchev–Trinajstić information content (AvgIpc) is 3.36. The van der Waals surface area contributed by atoms with Gasteiger partial charge in [0.2, 0.25) is 5.78 Å². The van der Waals surface area contributed by atoms with E-state index >= 15 is 0 Å². The van der Waals surface area contributed by atoms with E-state index in [0.717, 1.165) is 25.7 Å². The number of carbonyl (C=O) groups excluding carboxylic acids is 3. The second-order valence-corrected chi connectivity index (χ2v) is 11.3. The zero-order valence-electron chi connectivity index (χ0n) is 18.5. The van der Waals surface area contributed by atoms with Crippen LogP contribution in [0.2, 0.25) is 0 Å². The molecule has 0 radical (unpaired) electrons. The summed E-state index contributed by atoms with van der Waals surface area (Å²) in [6.45, 7) is 7.25. The molecule has 1 spiro atoms. The Morgan fingerprint density at radius 1 is 1.20 bits per heavy atom. The predicted molar refractivity (Wildman–Crippen MR) is 107 cm³/mol. The highest BCUT2D eigenvalue weighted by Gasteiger charge is 2.82. The highest BCUT2D eigenvalue weighted by Crippen LogP contribution is 2.77. The molecule has 5 rings (SSSR count). The van der Waals surface area contributed by atoms with Crippen LogP contribution in [0.5, 0.6) is 0 Å². The van der Waals surface area contributed by atoms with Crippen molar-refractivity contribution in [1.29, 1.82) is 0 Å². The standard InChI is InChI=1S/C24H34O6/c1-13-9-18-17-6-5-15-10-16(26)7-8-21(15,3)24(17)20(30-24)11-22(18,4)23(13,28)19(27)12-29-14(2)25/h13,15,17-18,20,28H,5-12H2,1-4H3/t13-,15+,17-,18-,20+,21+,22+,23+,24-/m1/s1. The number of hydrogen-bond donors (Lipinski definition) is 1. The molecule has 6 nitrogen and oxygen atoms in total. The lowest BCUT2D eigenvalue weighted by Gasteiger charge is -2.58. The molecule has 5 aliphatic rings. The molecule has 1 N–H and O–H groups in total. The molecular formula is C24H34O6. The fraction of sp³-hybridized carbons (Fsp3) is 0.875. The minimum Gasteiger partial charge on any atom is -0.458 e. The van der Waals surface area contributed by atoms with Crippen LogP contribution >= 0.6 is 0 Å². The molecule has 4 aliphatic carbocycles. The van der Waals surface area contributed by atoms with Crippen molar-refractivity contribution in [1.82, 2.24) is 0 Å². The molecule has 0 unspecified atom stereocenters. The van der Waals surface area contributed by atoms with Crippen LogP contribution in [0.25, 0.3) is 0 Å². The minimum atomic E-state index is -1.51. The quantitative estimate of drug-likeness (QED) is 0.560. The van der Waals surface area contributed by atoms with Gasteiger partial charge in [-0.15, -0.1) is 0 Å². The molecule has 0 amide bonds. The van der Waals surface area contributed by atoms with Gasteiger partial charge in [-0.25, -0.2) is 0 Å². The number of epoxide rings is 1. The molecule has 9 atom stereocenters. The van der Waals surface area contributed by atoms with Crippen molar-refractivity contribution in [2.45, 2.75) is 89.9 Å².